The third-order valence-corrected chi connectivity index (χ3v) is 6.27. The van der Waals surface area contributed by atoms with Gasteiger partial charge in [0.25, 0.3) is 0 Å². The van der Waals surface area contributed by atoms with Gasteiger partial charge in [0.2, 0.25) is 20.0 Å². The van der Waals surface area contributed by atoms with Gasteiger partial charge in [-0.25, -0.2) is 21.6 Å². The third-order valence-electron chi connectivity index (χ3n) is 3.14. The highest BCUT2D eigenvalue weighted by Gasteiger charge is 2.29. The van der Waals surface area contributed by atoms with Crippen molar-refractivity contribution < 1.29 is 26.7 Å². The van der Waals surface area contributed by atoms with E-state index in [0.29, 0.717) is 12.8 Å². The van der Waals surface area contributed by atoms with Crippen molar-refractivity contribution >= 4 is 26.0 Å². The van der Waals surface area contributed by atoms with Crippen LogP contribution in [0.3, 0.4) is 0 Å². The maximum atomic E-state index is 12.4. The van der Waals surface area contributed by atoms with Crippen molar-refractivity contribution in [3.63, 3.8) is 0 Å². The van der Waals surface area contributed by atoms with Crippen LogP contribution in [0.2, 0.25) is 0 Å². The molecule has 0 bridgehead atoms. The van der Waals surface area contributed by atoms with Crippen LogP contribution in [0.5, 0.6) is 0 Å². The smallest absolute Gasteiger partial charge is 0.321 e. The minimum Gasteiger partial charge on any atom is -0.480 e. The highest BCUT2D eigenvalue weighted by Crippen LogP contribution is 2.21. The van der Waals surface area contributed by atoms with Gasteiger partial charge in [-0.15, -0.1) is 0 Å². The molecule has 0 aromatic heterocycles. The Kier molecular flexibility index (Phi) is 6.69. The van der Waals surface area contributed by atoms with Gasteiger partial charge in [-0.3, -0.25) is 4.79 Å². The number of benzene rings is 1. The van der Waals surface area contributed by atoms with Crippen LogP contribution in [0.15, 0.2) is 34.1 Å². The standard InChI is InChI=1S/C13H20N2O6S2/c1-3-4-7-10(13(16)17)15-23(20,21)12-9-6-5-8-11(12)22(18,19)14-2/h5-6,8-10,14-15H,3-4,7H2,1-2H3,(H,16,17). The lowest BCUT2D eigenvalue weighted by Crippen LogP contribution is -2.41. The number of carbonyl (C=O) groups is 1. The van der Waals surface area contributed by atoms with Gasteiger partial charge < -0.3 is 5.11 Å². The molecule has 130 valence electrons. The van der Waals surface area contributed by atoms with Crippen molar-refractivity contribution in [1.82, 2.24) is 9.44 Å². The second-order valence-corrected chi connectivity index (χ2v) is 8.35. The molecule has 0 amide bonds. The van der Waals surface area contributed by atoms with Crippen molar-refractivity contribution in [1.29, 1.82) is 0 Å². The molecule has 8 nitrogen and oxygen atoms in total. The number of unbranched alkanes of at least 4 members (excludes halogenated alkanes) is 1. The molecule has 1 atom stereocenters. The molecule has 0 spiro atoms. The van der Waals surface area contributed by atoms with Gasteiger partial charge in [0.15, 0.2) is 0 Å². The minimum absolute atomic E-state index is 0.117. The van der Waals surface area contributed by atoms with Crippen LogP contribution in [-0.2, 0) is 24.8 Å². The number of hydrogen-bond acceptors (Lipinski definition) is 5. The summed E-state index contributed by atoms with van der Waals surface area (Å²) in [6.07, 6.45) is 1.35. The van der Waals surface area contributed by atoms with E-state index in [1.54, 1.807) is 0 Å². The maximum Gasteiger partial charge on any atom is 0.321 e. The van der Waals surface area contributed by atoms with E-state index >= 15 is 0 Å². The Morgan fingerprint density at radius 2 is 1.65 bits per heavy atom. The van der Waals surface area contributed by atoms with Crippen LogP contribution in [-0.4, -0.2) is 41.0 Å². The Bertz CT molecular complexity index is 758. The second-order valence-electron chi connectivity index (χ2n) is 4.81. The lowest BCUT2D eigenvalue weighted by atomic mass is 10.1. The van der Waals surface area contributed by atoms with E-state index in [4.69, 9.17) is 5.11 Å². The molecule has 10 heteroatoms. The number of aliphatic carboxylic acids is 1. The van der Waals surface area contributed by atoms with Gasteiger partial charge in [-0.05, 0) is 25.6 Å². The molecule has 0 aliphatic carbocycles. The van der Waals surface area contributed by atoms with E-state index in [0.717, 1.165) is 19.2 Å². The predicted molar refractivity (Wildman–Crippen MR) is 84.0 cm³/mol. The second kappa shape index (κ2) is 7.86. The number of carboxylic acids is 1. The van der Waals surface area contributed by atoms with Crippen LogP contribution >= 0.6 is 0 Å². The summed E-state index contributed by atoms with van der Waals surface area (Å²) in [6.45, 7) is 1.85. The topological polar surface area (TPSA) is 130 Å². The molecular formula is C13H20N2O6S2. The molecule has 1 rings (SSSR count). The first-order valence-corrected chi connectivity index (χ1v) is 9.90. The zero-order valence-electron chi connectivity index (χ0n) is 12.8. The van der Waals surface area contributed by atoms with Gasteiger partial charge in [0.1, 0.15) is 15.8 Å². The minimum atomic E-state index is -4.31. The summed E-state index contributed by atoms with van der Waals surface area (Å²) in [6, 6.07) is 3.69. The van der Waals surface area contributed by atoms with Crippen LogP contribution < -0.4 is 9.44 Å². The molecule has 1 aromatic carbocycles. The van der Waals surface area contributed by atoms with Gasteiger partial charge in [0, 0.05) is 0 Å². The summed E-state index contributed by atoms with van der Waals surface area (Å²) in [5.41, 5.74) is 0. The fourth-order valence-electron chi connectivity index (χ4n) is 1.90. The molecule has 23 heavy (non-hydrogen) atoms. The number of rotatable bonds is 9. The van der Waals surface area contributed by atoms with Crippen LogP contribution in [0.25, 0.3) is 0 Å². The molecule has 0 heterocycles. The molecule has 0 saturated carbocycles. The normalized spacial score (nSPS) is 13.7. The molecular weight excluding hydrogens is 344 g/mol. The van der Waals surface area contributed by atoms with E-state index in [9.17, 15) is 21.6 Å². The van der Waals surface area contributed by atoms with Gasteiger partial charge in [0.05, 0.1) is 0 Å². The van der Waals surface area contributed by atoms with Crippen molar-refractivity contribution in [2.24, 2.45) is 0 Å². The molecule has 1 unspecified atom stereocenters. The Morgan fingerprint density at radius 1 is 1.13 bits per heavy atom. The van der Waals surface area contributed by atoms with E-state index in [-0.39, 0.29) is 6.42 Å². The van der Waals surface area contributed by atoms with E-state index in [1.165, 1.54) is 12.1 Å². The average molecular weight is 364 g/mol. The number of carboxylic acid groups (broad SMARTS) is 1. The largest absolute Gasteiger partial charge is 0.480 e. The number of sulfonamides is 2. The van der Waals surface area contributed by atoms with Gasteiger partial charge in [-0.2, -0.15) is 4.72 Å². The van der Waals surface area contributed by atoms with Crippen molar-refractivity contribution in [3.8, 4) is 0 Å². The highest BCUT2D eigenvalue weighted by atomic mass is 32.2. The Labute approximate surface area is 136 Å². The van der Waals surface area contributed by atoms with E-state index < -0.39 is 41.8 Å². The first-order chi connectivity index (χ1) is 10.7. The Hall–Kier alpha value is -1.49. The summed E-state index contributed by atoms with van der Waals surface area (Å²) in [5, 5.41) is 9.13. The zero-order valence-corrected chi connectivity index (χ0v) is 14.4. The molecule has 0 aliphatic heterocycles. The zero-order chi connectivity index (χ0) is 17.7. The Morgan fingerprint density at radius 3 is 2.09 bits per heavy atom. The summed E-state index contributed by atoms with van der Waals surface area (Å²) in [7, 11) is -7.15. The van der Waals surface area contributed by atoms with Gasteiger partial charge in [-0.1, -0.05) is 31.9 Å². The van der Waals surface area contributed by atoms with Crippen molar-refractivity contribution in [3.05, 3.63) is 24.3 Å². The highest BCUT2D eigenvalue weighted by molar-refractivity contribution is 7.92. The van der Waals surface area contributed by atoms with Crippen molar-refractivity contribution in [2.45, 2.75) is 42.0 Å². The number of nitrogens with one attached hydrogen (secondary N) is 2. The fourth-order valence-corrected chi connectivity index (χ4v) is 4.68. The lowest BCUT2D eigenvalue weighted by molar-refractivity contribution is -0.139. The summed E-state index contributed by atoms with van der Waals surface area (Å²) in [4.78, 5) is 10.3. The Balaban J connectivity index is 3.26. The molecule has 3 N–H and O–H groups in total. The third kappa shape index (κ3) is 4.99. The number of hydrogen-bond donors (Lipinski definition) is 3. The van der Waals surface area contributed by atoms with E-state index in [1.807, 2.05) is 11.6 Å². The average Bonchev–Trinajstić information content (AvgIpc) is 2.51. The van der Waals surface area contributed by atoms with E-state index in [2.05, 4.69) is 4.72 Å². The summed E-state index contributed by atoms with van der Waals surface area (Å²) < 4.78 is 52.8. The molecule has 0 fully saturated rings. The quantitative estimate of drug-likeness (QED) is 0.585. The first kappa shape index (κ1) is 19.6. The molecule has 0 saturated heterocycles. The first-order valence-electron chi connectivity index (χ1n) is 6.93. The van der Waals surface area contributed by atoms with Crippen LogP contribution in [0.4, 0.5) is 0 Å². The summed E-state index contributed by atoms with van der Waals surface area (Å²) in [5.74, 6) is -1.31. The maximum absolute atomic E-state index is 12.4. The van der Waals surface area contributed by atoms with Crippen LogP contribution in [0, 0.1) is 0 Å². The molecule has 0 aliphatic rings. The molecule has 1 aromatic rings. The fraction of sp³-hybridized carbons (Fsp3) is 0.462. The van der Waals surface area contributed by atoms with Gasteiger partial charge >= 0.3 is 5.97 Å². The monoisotopic (exact) mass is 364 g/mol. The lowest BCUT2D eigenvalue weighted by Gasteiger charge is -2.16. The SMILES string of the molecule is CCCCC(NS(=O)(=O)c1ccccc1S(=O)(=O)NC)C(=O)O. The van der Waals surface area contributed by atoms with Crippen LogP contribution in [0.1, 0.15) is 26.2 Å². The summed E-state index contributed by atoms with van der Waals surface area (Å²) >= 11 is 0. The van der Waals surface area contributed by atoms with Crippen molar-refractivity contribution in [2.75, 3.05) is 7.05 Å². The predicted octanol–water partition coefficient (Wildman–Crippen LogP) is 0.516. The molecule has 0 radical (unpaired) electrons.